The fraction of sp³-hybridized carbons (Fsp3) is 0.304. The molecular weight excluding hydrogens is 378 g/mol. The summed E-state index contributed by atoms with van der Waals surface area (Å²) in [5.41, 5.74) is 9.86. The highest BCUT2D eigenvalue weighted by molar-refractivity contribution is 5.92. The minimum absolute atomic E-state index is 0.103. The van der Waals surface area contributed by atoms with Crippen molar-refractivity contribution in [1.29, 1.82) is 0 Å². The number of aliphatic hydroxyl groups is 1. The Morgan fingerprint density at radius 2 is 2.10 bits per heavy atom. The lowest BCUT2D eigenvalue weighted by Gasteiger charge is -2.39. The number of imidazole rings is 1. The maximum atomic E-state index is 10.1. The zero-order valence-corrected chi connectivity index (χ0v) is 16.9. The Bertz CT molecular complexity index is 1200. The van der Waals surface area contributed by atoms with E-state index < -0.39 is 0 Å². The first-order valence-electron chi connectivity index (χ1n) is 10.2. The van der Waals surface area contributed by atoms with Crippen LogP contribution in [0.25, 0.3) is 27.8 Å². The van der Waals surface area contributed by atoms with Crippen molar-refractivity contribution < 1.29 is 9.84 Å². The summed E-state index contributed by atoms with van der Waals surface area (Å²) in [4.78, 5) is 11.8. The number of rotatable bonds is 4. The summed E-state index contributed by atoms with van der Waals surface area (Å²) < 4.78 is 7.30. The van der Waals surface area contributed by atoms with E-state index in [1.165, 1.54) is 0 Å². The van der Waals surface area contributed by atoms with Gasteiger partial charge in [-0.15, -0.1) is 0 Å². The van der Waals surface area contributed by atoms with Gasteiger partial charge in [-0.05, 0) is 43.2 Å². The minimum Gasteiger partial charge on any atom is -0.497 e. The summed E-state index contributed by atoms with van der Waals surface area (Å²) in [5, 5.41) is 11.2. The predicted octanol–water partition coefficient (Wildman–Crippen LogP) is 2.87. The Labute approximate surface area is 174 Å². The van der Waals surface area contributed by atoms with Crippen molar-refractivity contribution in [2.75, 3.05) is 25.1 Å². The normalized spacial score (nSPS) is 19.5. The van der Waals surface area contributed by atoms with Gasteiger partial charge in [0.2, 0.25) is 0 Å². The molecule has 2 aromatic carbocycles. The molecule has 1 aliphatic rings. The molecule has 0 radical (unpaired) electrons. The summed E-state index contributed by atoms with van der Waals surface area (Å²) >= 11 is 0. The molecule has 1 saturated heterocycles. The molecule has 3 N–H and O–H groups in total. The first-order valence-corrected chi connectivity index (χ1v) is 10.2. The summed E-state index contributed by atoms with van der Waals surface area (Å²) in [6.45, 7) is 1.27. The number of aliphatic hydroxyl groups excluding tert-OH is 1. The van der Waals surface area contributed by atoms with E-state index >= 15 is 0 Å². The third-order valence-corrected chi connectivity index (χ3v) is 5.96. The molecule has 30 heavy (non-hydrogen) atoms. The van der Waals surface area contributed by atoms with Gasteiger partial charge in [0.05, 0.1) is 35.5 Å². The van der Waals surface area contributed by atoms with Crippen molar-refractivity contribution in [1.82, 2.24) is 14.5 Å². The van der Waals surface area contributed by atoms with Gasteiger partial charge in [-0.25, -0.2) is 9.97 Å². The van der Waals surface area contributed by atoms with Crippen molar-refractivity contribution in [3.8, 4) is 11.6 Å². The van der Waals surface area contributed by atoms with Crippen molar-refractivity contribution in [2.24, 2.45) is 5.73 Å². The molecule has 5 rings (SSSR count). The van der Waals surface area contributed by atoms with Crippen LogP contribution in [0.3, 0.4) is 0 Å². The number of aromatic nitrogens is 3. The van der Waals surface area contributed by atoms with Crippen LogP contribution in [-0.2, 0) is 0 Å². The van der Waals surface area contributed by atoms with Crippen LogP contribution >= 0.6 is 0 Å². The van der Waals surface area contributed by atoms with Gasteiger partial charge in [-0.2, -0.15) is 0 Å². The number of para-hydroxylation sites is 1. The molecule has 2 aromatic heterocycles. The lowest BCUT2D eigenvalue weighted by molar-refractivity contribution is 0.129. The highest BCUT2D eigenvalue weighted by Gasteiger charge is 2.28. The zero-order valence-electron chi connectivity index (χ0n) is 16.9. The number of nitrogens with two attached hydrogens (primary N) is 1. The maximum absolute atomic E-state index is 10.1. The highest BCUT2D eigenvalue weighted by atomic mass is 16.5. The fourth-order valence-corrected chi connectivity index (χ4v) is 4.36. The topological polar surface area (TPSA) is 89.4 Å². The second-order valence-corrected chi connectivity index (χ2v) is 7.75. The quantitative estimate of drug-likeness (QED) is 0.545. The molecule has 0 spiro atoms. The SMILES string of the molecule is COc1ccc2c(c1)ncn2-c1ccc2cccc(N3CCC(O)CC3CN)c2n1. The van der Waals surface area contributed by atoms with E-state index in [0.717, 1.165) is 52.2 Å². The van der Waals surface area contributed by atoms with Gasteiger partial charge in [-0.3, -0.25) is 4.57 Å². The molecule has 4 aromatic rings. The van der Waals surface area contributed by atoms with Gasteiger partial charge >= 0.3 is 0 Å². The van der Waals surface area contributed by atoms with Gasteiger partial charge in [0.15, 0.2) is 0 Å². The van der Waals surface area contributed by atoms with Gasteiger partial charge in [0.25, 0.3) is 0 Å². The monoisotopic (exact) mass is 403 g/mol. The number of methoxy groups -OCH3 is 1. The van der Waals surface area contributed by atoms with E-state index in [-0.39, 0.29) is 12.1 Å². The van der Waals surface area contributed by atoms with Gasteiger partial charge in [-0.1, -0.05) is 12.1 Å². The van der Waals surface area contributed by atoms with Crippen molar-refractivity contribution in [3.63, 3.8) is 0 Å². The molecule has 1 aliphatic heterocycles. The fourth-order valence-electron chi connectivity index (χ4n) is 4.36. The second-order valence-electron chi connectivity index (χ2n) is 7.75. The Morgan fingerprint density at radius 3 is 2.93 bits per heavy atom. The van der Waals surface area contributed by atoms with Gasteiger partial charge in [0.1, 0.15) is 17.9 Å². The molecule has 3 heterocycles. The van der Waals surface area contributed by atoms with Crippen LogP contribution in [0.15, 0.2) is 54.9 Å². The number of nitrogens with zero attached hydrogens (tertiary/aromatic N) is 4. The molecule has 0 saturated carbocycles. The van der Waals surface area contributed by atoms with Crippen LogP contribution in [0.5, 0.6) is 5.75 Å². The molecule has 154 valence electrons. The van der Waals surface area contributed by atoms with Crippen LogP contribution in [0, 0.1) is 0 Å². The third-order valence-electron chi connectivity index (χ3n) is 5.96. The Kier molecular flexibility index (Phi) is 4.77. The summed E-state index contributed by atoms with van der Waals surface area (Å²) in [6, 6.07) is 16.3. The van der Waals surface area contributed by atoms with Gasteiger partial charge in [0, 0.05) is 30.6 Å². The van der Waals surface area contributed by atoms with E-state index in [0.29, 0.717) is 13.0 Å². The number of benzene rings is 2. The maximum Gasteiger partial charge on any atom is 0.139 e. The van der Waals surface area contributed by atoms with Crippen molar-refractivity contribution in [2.45, 2.75) is 25.0 Å². The number of anilines is 1. The molecule has 7 nitrogen and oxygen atoms in total. The smallest absolute Gasteiger partial charge is 0.139 e. The first kappa shape index (κ1) is 18.8. The average Bonchev–Trinajstić information content (AvgIpc) is 3.21. The lowest BCUT2D eigenvalue weighted by Crippen LogP contribution is -2.48. The molecule has 1 fully saturated rings. The number of pyridine rings is 1. The van der Waals surface area contributed by atoms with Crippen LogP contribution < -0.4 is 15.4 Å². The molecule has 0 aliphatic carbocycles. The number of piperidine rings is 1. The summed E-state index contributed by atoms with van der Waals surface area (Å²) in [5.74, 6) is 1.59. The standard InChI is InChI=1S/C23H25N5O2/c1-30-18-6-7-20-19(12-18)25-14-28(20)22-8-5-15-3-2-4-21(23(15)26-22)27-10-9-17(29)11-16(27)13-24/h2-8,12,14,16-17,29H,9-11,13,24H2,1H3. The second kappa shape index (κ2) is 7.59. The largest absolute Gasteiger partial charge is 0.497 e. The molecule has 7 heteroatoms. The third kappa shape index (κ3) is 3.16. The summed E-state index contributed by atoms with van der Waals surface area (Å²) in [6.07, 6.45) is 2.92. The Hall–Kier alpha value is -3.16. The van der Waals surface area contributed by atoms with E-state index in [2.05, 4.69) is 34.1 Å². The zero-order chi connectivity index (χ0) is 20.7. The van der Waals surface area contributed by atoms with Crippen molar-refractivity contribution in [3.05, 3.63) is 54.9 Å². The van der Waals surface area contributed by atoms with E-state index in [1.54, 1.807) is 13.4 Å². The van der Waals surface area contributed by atoms with Crippen LogP contribution in [0.4, 0.5) is 5.69 Å². The number of fused-ring (bicyclic) bond motifs is 2. The predicted molar refractivity (Wildman–Crippen MR) is 118 cm³/mol. The Balaban J connectivity index is 1.62. The molecule has 2 unspecified atom stereocenters. The lowest BCUT2D eigenvalue weighted by atomic mass is 9.98. The first-order chi connectivity index (χ1) is 14.7. The number of hydrogen-bond donors (Lipinski definition) is 2. The van der Waals surface area contributed by atoms with Gasteiger partial charge < -0.3 is 20.5 Å². The average molecular weight is 403 g/mol. The van der Waals surface area contributed by atoms with Crippen LogP contribution in [0.2, 0.25) is 0 Å². The number of ether oxygens (including phenoxy) is 1. The van der Waals surface area contributed by atoms with E-state index in [9.17, 15) is 5.11 Å². The molecule has 0 amide bonds. The molecular formula is C23H25N5O2. The Morgan fingerprint density at radius 1 is 1.20 bits per heavy atom. The summed E-state index contributed by atoms with van der Waals surface area (Å²) in [7, 11) is 1.65. The molecule has 2 atom stereocenters. The highest BCUT2D eigenvalue weighted by Crippen LogP contribution is 2.32. The van der Waals surface area contributed by atoms with Crippen LogP contribution in [0.1, 0.15) is 12.8 Å². The van der Waals surface area contributed by atoms with Crippen molar-refractivity contribution >= 4 is 27.6 Å². The van der Waals surface area contributed by atoms with E-state index in [1.807, 2.05) is 28.8 Å². The minimum atomic E-state index is -0.289. The van der Waals surface area contributed by atoms with E-state index in [4.69, 9.17) is 15.5 Å². The van der Waals surface area contributed by atoms with Crippen LogP contribution in [-0.4, -0.2) is 52.0 Å². The number of hydrogen-bond acceptors (Lipinski definition) is 6. The molecule has 0 bridgehead atoms.